The van der Waals surface area contributed by atoms with E-state index in [-0.39, 0.29) is 17.1 Å². The van der Waals surface area contributed by atoms with Crippen LogP contribution in [-0.2, 0) is 0 Å². The molecule has 0 bridgehead atoms. The third-order valence-electron chi connectivity index (χ3n) is 2.55. The Balaban J connectivity index is 2.52. The molecule has 0 aromatic heterocycles. The highest BCUT2D eigenvalue weighted by Gasteiger charge is 2.15. The van der Waals surface area contributed by atoms with Gasteiger partial charge in [0.25, 0.3) is 0 Å². The molecule has 2 aromatic carbocycles. The van der Waals surface area contributed by atoms with Crippen molar-refractivity contribution in [3.63, 3.8) is 0 Å². The molecule has 18 heavy (non-hydrogen) atoms. The highest BCUT2D eigenvalue weighted by molar-refractivity contribution is 5.85. The summed E-state index contributed by atoms with van der Waals surface area (Å²) >= 11 is 0. The lowest BCUT2D eigenvalue weighted by Gasteiger charge is -2.11. The zero-order chi connectivity index (χ0) is 13.3. The Hall–Kier alpha value is -1.71. The SMILES string of the molecule is CC(C)COc1ccc2ccc(F)c(F)c2c1F. The fourth-order valence-electron chi connectivity index (χ4n) is 1.66. The number of ether oxygens (including phenoxy) is 1. The second-order valence-corrected chi connectivity index (χ2v) is 4.54. The van der Waals surface area contributed by atoms with E-state index in [1.165, 1.54) is 18.2 Å². The van der Waals surface area contributed by atoms with Gasteiger partial charge in [0.1, 0.15) is 0 Å². The summed E-state index contributed by atoms with van der Waals surface area (Å²) in [7, 11) is 0. The van der Waals surface area contributed by atoms with Crippen LogP contribution in [0.5, 0.6) is 5.75 Å². The summed E-state index contributed by atoms with van der Waals surface area (Å²) in [5.41, 5.74) is 0. The summed E-state index contributed by atoms with van der Waals surface area (Å²) in [6, 6.07) is 5.25. The highest BCUT2D eigenvalue weighted by atomic mass is 19.2. The molecule has 4 heteroatoms. The van der Waals surface area contributed by atoms with Gasteiger partial charge in [0, 0.05) is 0 Å². The van der Waals surface area contributed by atoms with Crippen LogP contribution in [0, 0.1) is 23.4 Å². The van der Waals surface area contributed by atoms with Crippen molar-refractivity contribution in [1.29, 1.82) is 0 Å². The zero-order valence-electron chi connectivity index (χ0n) is 10.1. The second-order valence-electron chi connectivity index (χ2n) is 4.54. The topological polar surface area (TPSA) is 9.23 Å². The zero-order valence-corrected chi connectivity index (χ0v) is 10.1. The molecule has 2 rings (SSSR count). The van der Waals surface area contributed by atoms with Crippen LogP contribution in [-0.4, -0.2) is 6.61 Å². The molecule has 0 spiro atoms. The summed E-state index contributed by atoms with van der Waals surface area (Å²) < 4.78 is 45.9. The number of hydrogen-bond acceptors (Lipinski definition) is 1. The Kier molecular flexibility index (Phi) is 3.45. The Bertz CT molecular complexity index is 579. The molecule has 96 valence electrons. The first-order chi connectivity index (χ1) is 8.50. The monoisotopic (exact) mass is 254 g/mol. The minimum atomic E-state index is -1.18. The van der Waals surface area contributed by atoms with Gasteiger partial charge in [0.2, 0.25) is 0 Å². The van der Waals surface area contributed by atoms with Crippen LogP contribution >= 0.6 is 0 Å². The first-order valence-electron chi connectivity index (χ1n) is 5.69. The van der Waals surface area contributed by atoms with Crippen molar-refractivity contribution in [2.75, 3.05) is 6.61 Å². The molecule has 0 unspecified atom stereocenters. The molecule has 0 saturated carbocycles. The Labute approximate surface area is 103 Å². The molecular weight excluding hydrogens is 241 g/mol. The Morgan fingerprint density at radius 3 is 2.33 bits per heavy atom. The van der Waals surface area contributed by atoms with Crippen LogP contribution in [0.1, 0.15) is 13.8 Å². The summed E-state index contributed by atoms with van der Waals surface area (Å²) in [5.74, 6) is -2.94. The molecule has 0 heterocycles. The minimum absolute atomic E-state index is 0.0549. The summed E-state index contributed by atoms with van der Waals surface area (Å²) in [6.07, 6.45) is 0. The largest absolute Gasteiger partial charge is 0.490 e. The third kappa shape index (κ3) is 2.28. The lowest BCUT2D eigenvalue weighted by atomic mass is 10.1. The van der Waals surface area contributed by atoms with E-state index in [2.05, 4.69) is 0 Å². The molecule has 2 aromatic rings. The van der Waals surface area contributed by atoms with Crippen LogP contribution in [0.15, 0.2) is 24.3 Å². The quantitative estimate of drug-likeness (QED) is 0.793. The summed E-state index contributed by atoms with van der Waals surface area (Å²) in [4.78, 5) is 0. The molecule has 0 saturated heterocycles. The van der Waals surface area contributed by atoms with Gasteiger partial charge in [-0.1, -0.05) is 26.0 Å². The van der Waals surface area contributed by atoms with E-state index in [1.54, 1.807) is 0 Å². The minimum Gasteiger partial charge on any atom is -0.490 e. The molecule has 0 N–H and O–H groups in total. The lowest BCUT2D eigenvalue weighted by Crippen LogP contribution is -2.06. The van der Waals surface area contributed by atoms with E-state index in [0.717, 1.165) is 6.07 Å². The van der Waals surface area contributed by atoms with Crippen molar-refractivity contribution < 1.29 is 17.9 Å². The fraction of sp³-hybridized carbons (Fsp3) is 0.286. The van der Waals surface area contributed by atoms with Crippen molar-refractivity contribution in [3.05, 3.63) is 41.7 Å². The predicted octanol–water partition coefficient (Wildman–Crippen LogP) is 4.29. The van der Waals surface area contributed by atoms with E-state index in [1.807, 2.05) is 13.8 Å². The molecule has 0 aliphatic heterocycles. The molecular formula is C14H13F3O. The molecule has 0 amide bonds. The van der Waals surface area contributed by atoms with Gasteiger partial charge in [-0.2, -0.15) is 0 Å². The van der Waals surface area contributed by atoms with Gasteiger partial charge in [-0.25, -0.2) is 13.2 Å². The van der Waals surface area contributed by atoms with Crippen LogP contribution in [0.3, 0.4) is 0 Å². The molecule has 1 nitrogen and oxygen atoms in total. The van der Waals surface area contributed by atoms with Gasteiger partial charge >= 0.3 is 0 Å². The normalized spacial score (nSPS) is 11.2. The van der Waals surface area contributed by atoms with E-state index in [9.17, 15) is 13.2 Å². The standard InChI is InChI=1S/C14H13F3O/c1-8(2)7-18-11-6-4-9-3-5-10(15)13(16)12(9)14(11)17/h3-6,8H,7H2,1-2H3. The van der Waals surface area contributed by atoms with E-state index in [4.69, 9.17) is 4.74 Å². The average Bonchev–Trinajstić information content (AvgIpc) is 2.32. The van der Waals surface area contributed by atoms with Crippen molar-refractivity contribution in [2.24, 2.45) is 5.92 Å². The van der Waals surface area contributed by atoms with Crippen LogP contribution in [0.25, 0.3) is 10.8 Å². The second kappa shape index (κ2) is 4.88. The predicted molar refractivity (Wildman–Crippen MR) is 64.2 cm³/mol. The molecule has 0 aliphatic rings. The fourth-order valence-corrected chi connectivity index (χ4v) is 1.66. The van der Waals surface area contributed by atoms with Crippen LogP contribution < -0.4 is 4.74 Å². The van der Waals surface area contributed by atoms with E-state index < -0.39 is 17.5 Å². The smallest absolute Gasteiger partial charge is 0.175 e. The van der Waals surface area contributed by atoms with Crippen molar-refractivity contribution in [1.82, 2.24) is 0 Å². The molecule has 0 fully saturated rings. The van der Waals surface area contributed by atoms with E-state index >= 15 is 0 Å². The number of hydrogen-bond donors (Lipinski definition) is 0. The van der Waals surface area contributed by atoms with E-state index in [0.29, 0.717) is 12.0 Å². The number of fused-ring (bicyclic) bond motifs is 1. The maximum Gasteiger partial charge on any atom is 0.175 e. The summed E-state index contributed by atoms with van der Waals surface area (Å²) in [5, 5.41) is -0.0560. The van der Waals surface area contributed by atoms with Crippen LogP contribution in [0.4, 0.5) is 13.2 Å². The van der Waals surface area contributed by atoms with Crippen LogP contribution in [0.2, 0.25) is 0 Å². The van der Waals surface area contributed by atoms with Crippen molar-refractivity contribution in [3.8, 4) is 5.75 Å². The molecule has 0 atom stereocenters. The number of benzene rings is 2. The Morgan fingerprint density at radius 2 is 1.67 bits per heavy atom. The highest BCUT2D eigenvalue weighted by Crippen LogP contribution is 2.29. The Morgan fingerprint density at radius 1 is 1.00 bits per heavy atom. The van der Waals surface area contributed by atoms with Crippen molar-refractivity contribution in [2.45, 2.75) is 13.8 Å². The van der Waals surface area contributed by atoms with Gasteiger partial charge in [-0.05, 0) is 23.4 Å². The van der Waals surface area contributed by atoms with Crippen molar-refractivity contribution >= 4 is 10.8 Å². The number of rotatable bonds is 3. The average molecular weight is 254 g/mol. The molecule has 0 radical (unpaired) electrons. The first-order valence-corrected chi connectivity index (χ1v) is 5.69. The van der Waals surface area contributed by atoms with Gasteiger partial charge in [0.05, 0.1) is 12.0 Å². The summed E-state index contributed by atoms with van der Waals surface area (Å²) in [6.45, 7) is 4.15. The maximum absolute atomic E-state index is 14.0. The van der Waals surface area contributed by atoms with Gasteiger partial charge in [-0.3, -0.25) is 0 Å². The lowest BCUT2D eigenvalue weighted by molar-refractivity contribution is 0.260. The maximum atomic E-state index is 14.0. The molecule has 0 aliphatic carbocycles. The third-order valence-corrected chi connectivity index (χ3v) is 2.55. The van der Waals surface area contributed by atoms with Gasteiger partial charge < -0.3 is 4.74 Å². The number of halogens is 3. The van der Waals surface area contributed by atoms with Gasteiger partial charge in [-0.15, -0.1) is 0 Å². The first kappa shape index (κ1) is 12.7. The van der Waals surface area contributed by atoms with Gasteiger partial charge in [0.15, 0.2) is 23.2 Å².